The van der Waals surface area contributed by atoms with E-state index < -0.39 is 0 Å². The van der Waals surface area contributed by atoms with Gasteiger partial charge in [0, 0.05) is 11.4 Å². The van der Waals surface area contributed by atoms with Crippen LogP contribution in [0.5, 0.6) is 0 Å². The van der Waals surface area contributed by atoms with Crippen LogP contribution in [-0.2, 0) is 0 Å². The molecule has 0 aromatic heterocycles. The van der Waals surface area contributed by atoms with Gasteiger partial charge in [-0.1, -0.05) is 62.2 Å². The molecular weight excluding hydrogens is 266 g/mol. The van der Waals surface area contributed by atoms with Crippen LogP contribution in [-0.4, -0.2) is 0 Å². The molecule has 0 fully saturated rings. The third-order valence-electron chi connectivity index (χ3n) is 3.56. The van der Waals surface area contributed by atoms with E-state index in [1.807, 2.05) is 55.5 Å². The van der Waals surface area contributed by atoms with Crippen LogP contribution in [0.3, 0.4) is 0 Å². The van der Waals surface area contributed by atoms with Crippen LogP contribution in [0.15, 0.2) is 86.0 Å². The lowest BCUT2D eigenvalue weighted by Gasteiger charge is -2.13. The van der Waals surface area contributed by atoms with Gasteiger partial charge >= 0.3 is 0 Å². The number of hydrogen-bond acceptors (Lipinski definition) is 1. The summed E-state index contributed by atoms with van der Waals surface area (Å²) < 4.78 is 0. The summed E-state index contributed by atoms with van der Waals surface area (Å²) in [6.07, 6.45) is 5.58. The van der Waals surface area contributed by atoms with Crippen molar-refractivity contribution >= 4 is 23.0 Å². The van der Waals surface area contributed by atoms with Crippen LogP contribution in [0.1, 0.15) is 18.1 Å². The summed E-state index contributed by atoms with van der Waals surface area (Å²) in [6, 6.07) is 16.4. The summed E-state index contributed by atoms with van der Waals surface area (Å²) in [5, 5.41) is 3.40. The Morgan fingerprint density at radius 2 is 1.64 bits per heavy atom. The Balaban J connectivity index is 2.42. The van der Waals surface area contributed by atoms with Gasteiger partial charge in [-0.05, 0) is 53.5 Å². The Morgan fingerprint density at radius 1 is 0.909 bits per heavy atom. The van der Waals surface area contributed by atoms with Crippen LogP contribution < -0.4 is 5.32 Å². The molecule has 2 aromatic rings. The van der Waals surface area contributed by atoms with Gasteiger partial charge < -0.3 is 5.32 Å². The summed E-state index contributed by atoms with van der Waals surface area (Å²) in [4.78, 5) is 0. The van der Waals surface area contributed by atoms with Gasteiger partial charge in [0.25, 0.3) is 0 Å². The summed E-state index contributed by atoms with van der Waals surface area (Å²) >= 11 is 0. The lowest BCUT2D eigenvalue weighted by Crippen LogP contribution is -1.94. The quantitative estimate of drug-likeness (QED) is 0.622. The van der Waals surface area contributed by atoms with E-state index in [0.717, 1.165) is 33.6 Å². The number of benzene rings is 2. The Morgan fingerprint density at radius 3 is 2.23 bits per heavy atom. The van der Waals surface area contributed by atoms with Crippen molar-refractivity contribution in [3.63, 3.8) is 0 Å². The molecule has 0 aliphatic rings. The Labute approximate surface area is 133 Å². The zero-order chi connectivity index (χ0) is 15.9. The molecule has 0 saturated heterocycles. The van der Waals surface area contributed by atoms with Crippen molar-refractivity contribution in [2.24, 2.45) is 0 Å². The molecule has 1 N–H and O–H groups in total. The fourth-order valence-electron chi connectivity index (χ4n) is 2.34. The first kappa shape index (κ1) is 15.6. The van der Waals surface area contributed by atoms with E-state index in [-0.39, 0.29) is 0 Å². The van der Waals surface area contributed by atoms with E-state index in [9.17, 15) is 0 Å². The smallest absolute Gasteiger partial charge is 0.0390 e. The van der Waals surface area contributed by atoms with Gasteiger partial charge in [0.2, 0.25) is 0 Å². The fraction of sp³-hybridized carbons (Fsp3) is 0.0476. The Bertz CT molecular complexity index is 721. The third kappa shape index (κ3) is 3.44. The first-order valence-corrected chi connectivity index (χ1v) is 7.24. The molecule has 0 heterocycles. The van der Waals surface area contributed by atoms with Gasteiger partial charge in [0.05, 0.1) is 0 Å². The maximum absolute atomic E-state index is 3.93. The van der Waals surface area contributed by atoms with E-state index in [1.165, 1.54) is 0 Å². The lowest BCUT2D eigenvalue weighted by atomic mass is 9.95. The molecule has 0 saturated carbocycles. The Hall–Kier alpha value is -2.80. The molecule has 0 aliphatic carbocycles. The van der Waals surface area contributed by atoms with Crippen LogP contribution in [0.2, 0.25) is 0 Å². The lowest BCUT2D eigenvalue weighted by molar-refractivity contribution is 1.48. The first-order chi connectivity index (χ1) is 10.7. The predicted molar refractivity (Wildman–Crippen MR) is 99.2 cm³/mol. The predicted octanol–water partition coefficient (Wildman–Crippen LogP) is 6.22. The number of anilines is 2. The van der Waals surface area contributed by atoms with Gasteiger partial charge in [0.15, 0.2) is 0 Å². The van der Waals surface area contributed by atoms with Gasteiger partial charge in [-0.2, -0.15) is 0 Å². The number of hydrogen-bond donors (Lipinski definition) is 1. The van der Waals surface area contributed by atoms with Gasteiger partial charge in [-0.15, -0.1) is 0 Å². The van der Waals surface area contributed by atoms with Crippen molar-refractivity contribution in [2.75, 3.05) is 5.32 Å². The maximum Gasteiger partial charge on any atom is 0.0390 e. The molecule has 1 heteroatoms. The monoisotopic (exact) mass is 287 g/mol. The molecule has 0 bridgehead atoms. The second kappa shape index (κ2) is 7.28. The molecule has 110 valence electrons. The topological polar surface area (TPSA) is 12.0 Å². The summed E-state index contributed by atoms with van der Waals surface area (Å²) in [7, 11) is 0. The molecule has 0 aliphatic heterocycles. The SMILES string of the molecule is C=C/C(C)=C(\C=C)c1ccc(Nc2ccccc2)cc1C=C. The standard InChI is InChI=1S/C21H21N/c1-5-16(4)20(7-3)21-14-13-19(15-17(21)6-2)22-18-11-9-8-10-12-18/h5-15,22H,1-3H2,4H3/b20-16+. The van der Waals surface area contributed by atoms with Gasteiger partial charge in [-0.3, -0.25) is 0 Å². The minimum atomic E-state index is 1.03. The molecule has 0 radical (unpaired) electrons. The van der Waals surface area contributed by atoms with Crippen LogP contribution in [0, 0.1) is 0 Å². The number of rotatable bonds is 6. The largest absolute Gasteiger partial charge is 0.356 e. The van der Waals surface area contributed by atoms with E-state index in [4.69, 9.17) is 0 Å². The van der Waals surface area contributed by atoms with Crippen LogP contribution >= 0.6 is 0 Å². The van der Waals surface area contributed by atoms with Crippen molar-refractivity contribution in [3.8, 4) is 0 Å². The molecule has 2 aromatic carbocycles. The molecular formula is C21H21N. The average molecular weight is 287 g/mol. The number of allylic oxidation sites excluding steroid dienone is 4. The van der Waals surface area contributed by atoms with E-state index in [0.29, 0.717) is 0 Å². The number of nitrogens with one attached hydrogen (secondary N) is 1. The van der Waals surface area contributed by atoms with E-state index in [1.54, 1.807) is 0 Å². The van der Waals surface area contributed by atoms with Crippen molar-refractivity contribution < 1.29 is 0 Å². The highest BCUT2D eigenvalue weighted by molar-refractivity contribution is 5.84. The van der Waals surface area contributed by atoms with Crippen molar-refractivity contribution in [1.82, 2.24) is 0 Å². The van der Waals surface area contributed by atoms with Crippen LogP contribution in [0.4, 0.5) is 11.4 Å². The minimum Gasteiger partial charge on any atom is -0.356 e. The molecule has 1 nitrogen and oxygen atoms in total. The summed E-state index contributed by atoms with van der Waals surface area (Å²) in [5.41, 5.74) is 6.45. The minimum absolute atomic E-state index is 1.03. The fourth-order valence-corrected chi connectivity index (χ4v) is 2.34. The third-order valence-corrected chi connectivity index (χ3v) is 3.56. The molecule has 22 heavy (non-hydrogen) atoms. The average Bonchev–Trinajstić information content (AvgIpc) is 2.57. The van der Waals surface area contributed by atoms with E-state index in [2.05, 4.69) is 43.3 Å². The molecule has 0 unspecified atom stereocenters. The van der Waals surface area contributed by atoms with Crippen molar-refractivity contribution in [3.05, 3.63) is 97.1 Å². The second-order valence-electron chi connectivity index (χ2n) is 5.00. The second-order valence-corrected chi connectivity index (χ2v) is 5.00. The molecule has 0 spiro atoms. The van der Waals surface area contributed by atoms with Crippen LogP contribution in [0.25, 0.3) is 11.6 Å². The molecule has 0 atom stereocenters. The maximum atomic E-state index is 3.93. The zero-order valence-corrected chi connectivity index (χ0v) is 13.0. The molecule has 0 amide bonds. The molecule has 2 rings (SSSR count). The van der Waals surface area contributed by atoms with Gasteiger partial charge in [0.1, 0.15) is 0 Å². The zero-order valence-electron chi connectivity index (χ0n) is 13.0. The normalized spacial score (nSPS) is 11.3. The highest BCUT2D eigenvalue weighted by Crippen LogP contribution is 2.28. The van der Waals surface area contributed by atoms with Crippen molar-refractivity contribution in [1.29, 1.82) is 0 Å². The number of para-hydroxylation sites is 1. The van der Waals surface area contributed by atoms with Crippen molar-refractivity contribution in [2.45, 2.75) is 6.92 Å². The first-order valence-electron chi connectivity index (χ1n) is 7.24. The highest BCUT2D eigenvalue weighted by atomic mass is 14.9. The van der Waals surface area contributed by atoms with E-state index >= 15 is 0 Å². The summed E-state index contributed by atoms with van der Waals surface area (Å²) in [5.74, 6) is 0. The Kier molecular flexibility index (Phi) is 5.16. The highest BCUT2D eigenvalue weighted by Gasteiger charge is 2.06. The van der Waals surface area contributed by atoms with Gasteiger partial charge in [-0.25, -0.2) is 0 Å². The summed E-state index contributed by atoms with van der Waals surface area (Å²) in [6.45, 7) is 13.7.